The summed E-state index contributed by atoms with van der Waals surface area (Å²) in [6, 6.07) is 50.0. The SMILES string of the molecule is C1=Cc2nc1c(-c1ccccc1)c1ccc([n-]1)c(-c1ccccc1)c1nc(c(-c3ccccc3)c3ccc([n-]3)c2-c2ccccc2)C=C1.[Fe+5]. The van der Waals surface area contributed by atoms with Crippen molar-refractivity contribution < 1.29 is 17.1 Å². The Balaban J connectivity index is 0.00000348. The van der Waals surface area contributed by atoms with Crippen LogP contribution in [0.5, 0.6) is 0 Å². The standard InChI is InChI=1S/C44H28N4.Fe/c1-5-13-29(14-6-1)41-33-21-23-35(45-33)42(30-15-7-2-8-16-30)37-25-27-39(47-37)44(32-19-11-4-12-20-32)40-28-26-38(48-40)43(31-17-9-3-10-18-31)36-24-22-34(41)46-36;/h1-28H;/q-2;+5. The molecule has 1 radical (unpaired) electrons. The smallest absolute Gasteiger partial charge is 0.657 e. The van der Waals surface area contributed by atoms with Gasteiger partial charge in [0.15, 0.2) is 0 Å². The van der Waals surface area contributed by atoms with Gasteiger partial charge in [0, 0.05) is 0 Å². The molecule has 5 heteroatoms. The maximum atomic E-state index is 5.31. The van der Waals surface area contributed by atoms with E-state index in [1.54, 1.807) is 0 Å². The van der Waals surface area contributed by atoms with E-state index < -0.39 is 0 Å². The van der Waals surface area contributed by atoms with Crippen LogP contribution >= 0.6 is 0 Å². The fraction of sp³-hybridized carbons (Fsp3) is 0. The van der Waals surface area contributed by atoms with Crippen molar-refractivity contribution in [3.63, 3.8) is 0 Å². The Kier molecular flexibility index (Phi) is 7.98. The molecule has 49 heavy (non-hydrogen) atoms. The van der Waals surface area contributed by atoms with Crippen LogP contribution < -0.4 is 9.97 Å². The maximum absolute atomic E-state index is 5.31. The molecule has 3 aromatic heterocycles. The first-order valence-electron chi connectivity index (χ1n) is 16.1. The Morgan fingerprint density at radius 3 is 0.735 bits per heavy atom. The number of aromatic nitrogens is 4. The van der Waals surface area contributed by atoms with Gasteiger partial charge >= 0.3 is 17.1 Å². The van der Waals surface area contributed by atoms with E-state index in [0.717, 1.165) is 89.4 Å². The number of benzene rings is 4. The summed E-state index contributed by atoms with van der Waals surface area (Å²) in [5, 5.41) is 0. The number of nitrogens with zero attached hydrogens (tertiary/aromatic N) is 4. The second-order valence-corrected chi connectivity index (χ2v) is 11.8. The third kappa shape index (κ3) is 5.55. The molecule has 4 aromatic carbocycles. The molecule has 2 aliphatic heterocycles. The molecular weight excluding hydrogens is 640 g/mol. The molecule has 7 aromatic rings. The molecule has 229 valence electrons. The average Bonchev–Trinajstić information content (AvgIpc) is 3.98. The van der Waals surface area contributed by atoms with Gasteiger partial charge in [-0.05, 0) is 68.8 Å². The molecule has 4 nitrogen and oxygen atoms in total. The minimum Gasteiger partial charge on any atom is -0.657 e. The van der Waals surface area contributed by atoms with E-state index in [1.807, 2.05) is 24.3 Å². The number of fused-ring (bicyclic) bond motifs is 8. The van der Waals surface area contributed by atoms with Gasteiger partial charge in [-0.15, -0.1) is 22.1 Å². The molecule has 9 rings (SSSR count). The van der Waals surface area contributed by atoms with Crippen LogP contribution in [0.1, 0.15) is 22.8 Å². The monoisotopic (exact) mass is 668 g/mol. The van der Waals surface area contributed by atoms with Crippen LogP contribution in [0.25, 0.3) is 90.9 Å². The summed E-state index contributed by atoms with van der Waals surface area (Å²) < 4.78 is 0. The molecule has 0 saturated heterocycles. The first-order chi connectivity index (χ1) is 23.8. The van der Waals surface area contributed by atoms with Crippen LogP contribution in [0.4, 0.5) is 0 Å². The number of hydrogen-bond donors (Lipinski definition) is 0. The molecule has 0 fully saturated rings. The predicted octanol–water partition coefficient (Wildman–Crippen LogP) is 10.6. The van der Waals surface area contributed by atoms with Crippen LogP contribution in [-0.4, -0.2) is 9.97 Å². The molecule has 0 saturated carbocycles. The van der Waals surface area contributed by atoms with Crippen molar-refractivity contribution in [2.45, 2.75) is 0 Å². The van der Waals surface area contributed by atoms with Crippen molar-refractivity contribution >= 4 is 46.4 Å². The molecule has 8 bridgehead atoms. The average molecular weight is 669 g/mol. The van der Waals surface area contributed by atoms with Gasteiger partial charge in [0.2, 0.25) is 0 Å². The zero-order valence-electron chi connectivity index (χ0n) is 26.3. The molecule has 0 amide bonds. The Morgan fingerprint density at radius 2 is 0.510 bits per heavy atom. The van der Waals surface area contributed by atoms with Gasteiger partial charge in [-0.3, -0.25) is 0 Å². The zero-order valence-corrected chi connectivity index (χ0v) is 27.4. The van der Waals surface area contributed by atoms with Crippen molar-refractivity contribution in [3.05, 3.63) is 168 Å². The first kappa shape index (κ1) is 30.3. The van der Waals surface area contributed by atoms with Gasteiger partial charge in [0.05, 0.1) is 22.8 Å². The number of rotatable bonds is 4. The topological polar surface area (TPSA) is 54.0 Å². The Bertz CT molecular complexity index is 2180. The Labute approximate surface area is 295 Å². The second kappa shape index (κ2) is 12.9. The van der Waals surface area contributed by atoms with Crippen molar-refractivity contribution in [2.24, 2.45) is 0 Å². The summed E-state index contributed by atoms with van der Waals surface area (Å²) in [4.78, 5) is 21.2. The molecular formula is C44H28FeN4+3. The summed E-state index contributed by atoms with van der Waals surface area (Å²) in [6.45, 7) is 0. The largest absolute Gasteiger partial charge is 5.00 e. The normalized spacial score (nSPS) is 11.8. The Morgan fingerprint density at radius 1 is 0.286 bits per heavy atom. The molecule has 5 heterocycles. The fourth-order valence-electron chi connectivity index (χ4n) is 6.69. The van der Waals surface area contributed by atoms with Gasteiger partial charge < -0.3 is 9.97 Å². The molecule has 0 spiro atoms. The second-order valence-electron chi connectivity index (χ2n) is 11.8. The minimum absolute atomic E-state index is 0. The Hall–Kier alpha value is -6.00. The van der Waals surface area contributed by atoms with Crippen molar-refractivity contribution in [1.29, 1.82) is 0 Å². The summed E-state index contributed by atoms with van der Waals surface area (Å²) >= 11 is 0. The summed E-state index contributed by atoms with van der Waals surface area (Å²) in [6.07, 6.45) is 8.41. The maximum Gasteiger partial charge on any atom is 5.00 e. The van der Waals surface area contributed by atoms with Crippen LogP contribution in [0, 0.1) is 0 Å². The zero-order chi connectivity index (χ0) is 31.9. The first-order valence-corrected chi connectivity index (χ1v) is 16.1. The van der Waals surface area contributed by atoms with E-state index in [-0.39, 0.29) is 17.1 Å². The van der Waals surface area contributed by atoms with Crippen LogP contribution in [0.3, 0.4) is 0 Å². The molecule has 0 unspecified atom stereocenters. The van der Waals surface area contributed by atoms with E-state index in [0.29, 0.717) is 0 Å². The molecule has 0 aliphatic carbocycles. The van der Waals surface area contributed by atoms with Gasteiger partial charge in [-0.2, -0.15) is 0 Å². The van der Waals surface area contributed by atoms with Crippen LogP contribution in [0.2, 0.25) is 0 Å². The van der Waals surface area contributed by atoms with Gasteiger partial charge in [-0.1, -0.05) is 146 Å². The van der Waals surface area contributed by atoms with E-state index in [2.05, 4.69) is 146 Å². The van der Waals surface area contributed by atoms with E-state index >= 15 is 0 Å². The predicted molar refractivity (Wildman–Crippen MR) is 199 cm³/mol. The van der Waals surface area contributed by atoms with Crippen LogP contribution in [-0.2, 0) is 17.1 Å². The molecule has 2 aliphatic rings. The third-order valence-electron chi connectivity index (χ3n) is 8.86. The van der Waals surface area contributed by atoms with Crippen molar-refractivity contribution in [3.8, 4) is 44.5 Å². The van der Waals surface area contributed by atoms with E-state index in [4.69, 9.17) is 19.9 Å². The summed E-state index contributed by atoms with van der Waals surface area (Å²) in [7, 11) is 0. The van der Waals surface area contributed by atoms with Gasteiger partial charge in [0.25, 0.3) is 0 Å². The van der Waals surface area contributed by atoms with Gasteiger partial charge in [-0.25, -0.2) is 9.97 Å². The quantitative estimate of drug-likeness (QED) is 0.175. The van der Waals surface area contributed by atoms with Crippen LogP contribution in [0.15, 0.2) is 146 Å². The van der Waals surface area contributed by atoms with Crippen molar-refractivity contribution in [2.75, 3.05) is 0 Å². The van der Waals surface area contributed by atoms with Crippen molar-refractivity contribution in [1.82, 2.24) is 19.9 Å². The fourth-order valence-corrected chi connectivity index (χ4v) is 6.69. The summed E-state index contributed by atoms with van der Waals surface area (Å²) in [5.74, 6) is 0. The van der Waals surface area contributed by atoms with E-state index in [9.17, 15) is 0 Å². The third-order valence-corrected chi connectivity index (χ3v) is 8.86. The summed E-state index contributed by atoms with van der Waals surface area (Å²) in [5.41, 5.74) is 15.0. The molecule has 0 atom stereocenters. The minimum atomic E-state index is 0. The van der Waals surface area contributed by atoms with E-state index in [1.165, 1.54) is 0 Å². The molecule has 0 N–H and O–H groups in total. The number of hydrogen-bond acceptors (Lipinski definition) is 2. The van der Waals surface area contributed by atoms with Gasteiger partial charge in [0.1, 0.15) is 0 Å².